The molecule has 2 heteroatoms. The van der Waals surface area contributed by atoms with Gasteiger partial charge in [0.15, 0.2) is 0 Å². The molecule has 0 unspecified atom stereocenters. The number of hydrogen-bond donors (Lipinski definition) is 1. The van der Waals surface area contributed by atoms with E-state index in [2.05, 4.69) is 48.8 Å². The predicted molar refractivity (Wildman–Crippen MR) is 79.3 cm³/mol. The van der Waals surface area contributed by atoms with E-state index in [9.17, 15) is 0 Å². The van der Waals surface area contributed by atoms with Crippen LogP contribution in [0.3, 0.4) is 0 Å². The van der Waals surface area contributed by atoms with E-state index in [0.717, 1.165) is 18.8 Å². The Balaban J connectivity index is 2.01. The third kappa shape index (κ3) is 4.11. The van der Waals surface area contributed by atoms with Gasteiger partial charge in [-0.1, -0.05) is 48.5 Å². The summed E-state index contributed by atoms with van der Waals surface area (Å²) in [6.45, 7) is 1.96. The fourth-order valence-electron chi connectivity index (χ4n) is 2.08. The first-order valence-corrected chi connectivity index (χ1v) is 6.97. The average molecular weight is 256 g/mol. The molecule has 0 bridgehead atoms. The molecule has 2 N–H and O–H groups in total. The molecule has 100 valence electrons. The van der Waals surface area contributed by atoms with Crippen LogP contribution in [0.25, 0.3) is 11.1 Å². The molecule has 0 aliphatic rings. The molecule has 0 atom stereocenters. The van der Waals surface area contributed by atoms with Gasteiger partial charge in [-0.2, -0.15) is 0 Å². The maximum absolute atomic E-state index is 5.92. The molecule has 0 amide bonds. The molecule has 0 radical (unpaired) electrons. The van der Waals surface area contributed by atoms with Crippen LogP contribution in [-0.4, -0.2) is 20.2 Å². The molecule has 0 saturated heterocycles. The number of unbranched alkanes of at least 4 members (excludes halogenated alkanes) is 1. The minimum Gasteiger partial charge on any atom is -0.493 e. The van der Waals surface area contributed by atoms with Crippen LogP contribution in [0.5, 0.6) is 5.75 Å². The number of rotatable bonds is 7. The average Bonchev–Trinajstić information content (AvgIpc) is 2.48. The standard InChI is InChI=1S/C17H21NO/c1-18-13-7-8-14-19-17-12-6-5-11-16(17)15-9-3-2-4-10-15/h2-6,9-12,18H,7-8,13-14H2,1H3/p+1. The molecular weight excluding hydrogens is 234 g/mol. The van der Waals surface area contributed by atoms with Gasteiger partial charge < -0.3 is 10.1 Å². The Hall–Kier alpha value is -1.80. The van der Waals surface area contributed by atoms with E-state index < -0.39 is 0 Å². The minimum atomic E-state index is 0.789. The topological polar surface area (TPSA) is 25.8 Å². The Morgan fingerprint density at radius 1 is 0.895 bits per heavy atom. The number of nitrogens with two attached hydrogens (primary N) is 1. The number of benzene rings is 2. The lowest BCUT2D eigenvalue weighted by Crippen LogP contribution is -2.79. The second-order valence-corrected chi connectivity index (χ2v) is 4.61. The summed E-state index contributed by atoms with van der Waals surface area (Å²) in [4.78, 5) is 0. The first kappa shape index (κ1) is 13.6. The molecule has 0 fully saturated rings. The fraction of sp³-hybridized carbons (Fsp3) is 0.294. The van der Waals surface area contributed by atoms with Crippen LogP contribution in [0.15, 0.2) is 54.6 Å². The highest BCUT2D eigenvalue weighted by atomic mass is 16.5. The lowest BCUT2D eigenvalue weighted by atomic mass is 10.1. The Labute approximate surface area is 115 Å². The summed E-state index contributed by atoms with van der Waals surface area (Å²) in [5.74, 6) is 0.981. The first-order valence-electron chi connectivity index (χ1n) is 6.97. The van der Waals surface area contributed by atoms with E-state index >= 15 is 0 Å². The monoisotopic (exact) mass is 256 g/mol. The van der Waals surface area contributed by atoms with Gasteiger partial charge in [-0.25, -0.2) is 0 Å². The van der Waals surface area contributed by atoms with E-state index in [1.165, 1.54) is 24.1 Å². The van der Waals surface area contributed by atoms with Crippen molar-refractivity contribution >= 4 is 0 Å². The van der Waals surface area contributed by atoms with Crippen molar-refractivity contribution in [2.75, 3.05) is 20.2 Å². The number of hydrogen-bond acceptors (Lipinski definition) is 1. The van der Waals surface area contributed by atoms with Crippen LogP contribution in [0.4, 0.5) is 0 Å². The maximum atomic E-state index is 5.92. The third-order valence-electron chi connectivity index (χ3n) is 3.12. The van der Waals surface area contributed by atoms with Gasteiger partial charge in [-0.05, 0) is 24.5 Å². The normalized spacial score (nSPS) is 10.4. The zero-order valence-corrected chi connectivity index (χ0v) is 11.5. The molecule has 2 nitrogen and oxygen atoms in total. The van der Waals surface area contributed by atoms with Crippen molar-refractivity contribution in [2.24, 2.45) is 0 Å². The Morgan fingerprint density at radius 3 is 2.42 bits per heavy atom. The SMILES string of the molecule is C[NH2+]CCCCOc1ccccc1-c1ccccc1. The molecular formula is C17H22NO+. The summed E-state index contributed by atoms with van der Waals surface area (Å²) in [5, 5.41) is 2.21. The molecule has 0 aliphatic heterocycles. The van der Waals surface area contributed by atoms with Crippen molar-refractivity contribution in [3.05, 3.63) is 54.6 Å². The van der Waals surface area contributed by atoms with E-state index in [1.54, 1.807) is 0 Å². The third-order valence-corrected chi connectivity index (χ3v) is 3.12. The van der Waals surface area contributed by atoms with Crippen molar-refractivity contribution in [3.63, 3.8) is 0 Å². The van der Waals surface area contributed by atoms with Crippen LogP contribution in [0.1, 0.15) is 12.8 Å². The summed E-state index contributed by atoms with van der Waals surface area (Å²) >= 11 is 0. The first-order chi connectivity index (χ1) is 9.42. The number of ether oxygens (including phenoxy) is 1. The second-order valence-electron chi connectivity index (χ2n) is 4.61. The van der Waals surface area contributed by atoms with Gasteiger partial charge in [0.1, 0.15) is 5.75 Å². The zero-order valence-electron chi connectivity index (χ0n) is 11.5. The van der Waals surface area contributed by atoms with Gasteiger partial charge in [0.25, 0.3) is 0 Å². The van der Waals surface area contributed by atoms with E-state index in [-0.39, 0.29) is 0 Å². The summed E-state index contributed by atoms with van der Waals surface area (Å²) in [6, 6.07) is 18.6. The van der Waals surface area contributed by atoms with Crippen molar-refractivity contribution in [3.8, 4) is 16.9 Å². The number of quaternary nitrogens is 1. The highest BCUT2D eigenvalue weighted by Gasteiger charge is 2.04. The van der Waals surface area contributed by atoms with Crippen molar-refractivity contribution in [2.45, 2.75) is 12.8 Å². The Bertz CT molecular complexity index is 482. The molecule has 0 heterocycles. The molecule has 0 spiro atoms. The lowest BCUT2D eigenvalue weighted by molar-refractivity contribution is -0.627. The predicted octanol–water partition coefficient (Wildman–Crippen LogP) is 2.71. The van der Waals surface area contributed by atoms with Crippen molar-refractivity contribution in [1.82, 2.24) is 0 Å². The smallest absolute Gasteiger partial charge is 0.127 e. The summed E-state index contributed by atoms with van der Waals surface area (Å²) < 4.78 is 5.92. The van der Waals surface area contributed by atoms with Crippen LogP contribution < -0.4 is 10.1 Å². The van der Waals surface area contributed by atoms with E-state index in [0.29, 0.717) is 0 Å². The van der Waals surface area contributed by atoms with Gasteiger partial charge in [-0.3, -0.25) is 0 Å². The zero-order chi connectivity index (χ0) is 13.3. The van der Waals surface area contributed by atoms with Crippen LogP contribution in [0.2, 0.25) is 0 Å². The van der Waals surface area contributed by atoms with Crippen LogP contribution in [-0.2, 0) is 0 Å². The van der Waals surface area contributed by atoms with Gasteiger partial charge >= 0.3 is 0 Å². The van der Waals surface area contributed by atoms with E-state index in [4.69, 9.17) is 4.74 Å². The Kier molecular flexibility index (Phi) is 5.45. The van der Waals surface area contributed by atoms with Crippen LogP contribution in [0, 0.1) is 0 Å². The molecule has 2 aromatic rings. The van der Waals surface area contributed by atoms with Crippen LogP contribution >= 0.6 is 0 Å². The van der Waals surface area contributed by atoms with Crippen molar-refractivity contribution in [1.29, 1.82) is 0 Å². The second kappa shape index (κ2) is 7.59. The summed E-state index contributed by atoms with van der Waals surface area (Å²) in [7, 11) is 2.10. The molecule has 19 heavy (non-hydrogen) atoms. The summed E-state index contributed by atoms with van der Waals surface area (Å²) in [6.07, 6.45) is 2.30. The van der Waals surface area contributed by atoms with E-state index in [1.807, 2.05) is 18.2 Å². The van der Waals surface area contributed by atoms with Gasteiger partial charge in [0.05, 0.1) is 20.2 Å². The molecule has 2 aromatic carbocycles. The Morgan fingerprint density at radius 2 is 1.63 bits per heavy atom. The molecule has 0 saturated carbocycles. The molecule has 0 aliphatic carbocycles. The largest absolute Gasteiger partial charge is 0.493 e. The van der Waals surface area contributed by atoms with Gasteiger partial charge in [0.2, 0.25) is 0 Å². The quantitative estimate of drug-likeness (QED) is 0.757. The number of para-hydroxylation sites is 1. The minimum absolute atomic E-state index is 0.789. The molecule has 2 rings (SSSR count). The van der Waals surface area contributed by atoms with Gasteiger partial charge in [-0.15, -0.1) is 0 Å². The highest BCUT2D eigenvalue weighted by Crippen LogP contribution is 2.29. The molecule has 0 aromatic heterocycles. The maximum Gasteiger partial charge on any atom is 0.127 e. The lowest BCUT2D eigenvalue weighted by Gasteiger charge is -2.11. The summed E-state index contributed by atoms with van der Waals surface area (Å²) in [5.41, 5.74) is 2.38. The highest BCUT2D eigenvalue weighted by molar-refractivity contribution is 5.70. The fourth-order valence-corrected chi connectivity index (χ4v) is 2.08. The van der Waals surface area contributed by atoms with Gasteiger partial charge in [0, 0.05) is 5.56 Å². The van der Waals surface area contributed by atoms with Crippen molar-refractivity contribution < 1.29 is 10.1 Å².